The van der Waals surface area contributed by atoms with E-state index in [4.69, 9.17) is 9.84 Å². The molecule has 3 heteroatoms. The molecular weight excluding hydrogens is 226 g/mol. The molecule has 102 valence electrons. The Kier molecular flexibility index (Phi) is 6.33. The molecule has 0 radical (unpaired) electrons. The molecule has 3 nitrogen and oxygen atoms in total. The van der Waals surface area contributed by atoms with Gasteiger partial charge in [-0.1, -0.05) is 30.3 Å². The van der Waals surface area contributed by atoms with Crippen LogP contribution in [-0.4, -0.2) is 30.5 Å². The molecule has 1 aromatic rings. The summed E-state index contributed by atoms with van der Waals surface area (Å²) in [5.41, 5.74) is 1.11. The molecule has 0 fully saturated rings. The second-order valence-electron chi connectivity index (χ2n) is 5.39. The predicted octanol–water partition coefficient (Wildman–Crippen LogP) is 2.51. The van der Waals surface area contributed by atoms with Gasteiger partial charge in [0.15, 0.2) is 0 Å². The van der Waals surface area contributed by atoms with E-state index in [1.165, 1.54) is 5.56 Å². The summed E-state index contributed by atoms with van der Waals surface area (Å²) in [6.45, 7) is 7.81. The second kappa shape index (κ2) is 7.52. The van der Waals surface area contributed by atoms with Crippen molar-refractivity contribution in [3.8, 4) is 0 Å². The zero-order chi connectivity index (χ0) is 13.4. The molecule has 0 saturated heterocycles. The topological polar surface area (TPSA) is 41.5 Å². The number of aliphatic hydroxyl groups excluding tert-OH is 1. The quantitative estimate of drug-likeness (QED) is 0.732. The van der Waals surface area contributed by atoms with E-state index in [1.807, 2.05) is 18.2 Å². The Balaban J connectivity index is 2.40. The average Bonchev–Trinajstić information content (AvgIpc) is 2.33. The van der Waals surface area contributed by atoms with Gasteiger partial charge in [0, 0.05) is 19.2 Å². The van der Waals surface area contributed by atoms with Gasteiger partial charge in [-0.25, -0.2) is 0 Å². The van der Waals surface area contributed by atoms with E-state index in [0.29, 0.717) is 6.61 Å². The first-order chi connectivity index (χ1) is 8.53. The van der Waals surface area contributed by atoms with Crippen LogP contribution in [0, 0.1) is 0 Å². The Morgan fingerprint density at radius 2 is 1.89 bits per heavy atom. The molecule has 1 aromatic carbocycles. The molecule has 0 amide bonds. The van der Waals surface area contributed by atoms with Gasteiger partial charge in [0.2, 0.25) is 0 Å². The maximum atomic E-state index is 9.11. The van der Waals surface area contributed by atoms with Crippen molar-refractivity contribution in [3.05, 3.63) is 35.9 Å². The first kappa shape index (κ1) is 15.2. The number of rotatable bonds is 7. The van der Waals surface area contributed by atoms with Gasteiger partial charge < -0.3 is 15.2 Å². The standard InChI is InChI=1S/C15H25NO2/c1-15(2,3)18-12-10-16-14(9-11-17)13-7-5-4-6-8-13/h4-8,14,16-17H,9-12H2,1-3H3. The minimum absolute atomic E-state index is 0.0963. The SMILES string of the molecule is CC(C)(C)OCCNC(CCO)c1ccccc1. The molecule has 0 saturated carbocycles. The largest absolute Gasteiger partial charge is 0.396 e. The molecule has 0 aromatic heterocycles. The van der Waals surface area contributed by atoms with E-state index in [2.05, 4.69) is 38.2 Å². The fraction of sp³-hybridized carbons (Fsp3) is 0.600. The Bertz CT molecular complexity index is 319. The summed E-state index contributed by atoms with van der Waals surface area (Å²) in [7, 11) is 0. The van der Waals surface area contributed by atoms with Crippen LogP contribution in [0.2, 0.25) is 0 Å². The third kappa shape index (κ3) is 6.15. The number of hydrogen-bond donors (Lipinski definition) is 2. The molecule has 0 spiro atoms. The predicted molar refractivity (Wildman–Crippen MR) is 74.6 cm³/mol. The molecule has 0 aliphatic heterocycles. The van der Waals surface area contributed by atoms with E-state index in [9.17, 15) is 0 Å². The maximum Gasteiger partial charge on any atom is 0.0599 e. The normalized spacial score (nSPS) is 13.6. The van der Waals surface area contributed by atoms with Crippen molar-refractivity contribution in [1.29, 1.82) is 0 Å². The lowest BCUT2D eigenvalue weighted by Crippen LogP contribution is -2.29. The van der Waals surface area contributed by atoms with Gasteiger partial charge >= 0.3 is 0 Å². The van der Waals surface area contributed by atoms with Crippen LogP contribution in [0.1, 0.15) is 38.8 Å². The van der Waals surface area contributed by atoms with E-state index >= 15 is 0 Å². The van der Waals surface area contributed by atoms with Crippen LogP contribution in [0.5, 0.6) is 0 Å². The van der Waals surface area contributed by atoms with Gasteiger partial charge in [-0.15, -0.1) is 0 Å². The van der Waals surface area contributed by atoms with Crippen LogP contribution in [-0.2, 0) is 4.74 Å². The highest BCUT2D eigenvalue weighted by Gasteiger charge is 2.12. The molecule has 1 unspecified atom stereocenters. The van der Waals surface area contributed by atoms with Gasteiger partial charge in [0.05, 0.1) is 12.2 Å². The third-order valence-corrected chi connectivity index (χ3v) is 2.65. The van der Waals surface area contributed by atoms with Gasteiger partial charge in [-0.3, -0.25) is 0 Å². The Morgan fingerprint density at radius 3 is 2.44 bits per heavy atom. The highest BCUT2D eigenvalue weighted by Crippen LogP contribution is 2.15. The number of benzene rings is 1. The van der Waals surface area contributed by atoms with E-state index < -0.39 is 0 Å². The van der Waals surface area contributed by atoms with Crippen molar-refractivity contribution in [2.75, 3.05) is 19.8 Å². The van der Waals surface area contributed by atoms with Gasteiger partial charge in [-0.05, 0) is 32.8 Å². The number of aliphatic hydroxyl groups is 1. The minimum Gasteiger partial charge on any atom is -0.396 e. The smallest absolute Gasteiger partial charge is 0.0599 e. The first-order valence-electron chi connectivity index (χ1n) is 6.56. The number of ether oxygens (including phenoxy) is 1. The molecule has 0 heterocycles. The molecule has 18 heavy (non-hydrogen) atoms. The van der Waals surface area contributed by atoms with Crippen LogP contribution in [0.15, 0.2) is 30.3 Å². The summed E-state index contributed by atoms with van der Waals surface area (Å²) in [5, 5.41) is 12.5. The highest BCUT2D eigenvalue weighted by atomic mass is 16.5. The maximum absolute atomic E-state index is 9.11. The van der Waals surface area contributed by atoms with E-state index in [1.54, 1.807) is 0 Å². The summed E-state index contributed by atoms with van der Waals surface area (Å²) in [4.78, 5) is 0. The summed E-state index contributed by atoms with van der Waals surface area (Å²) in [5.74, 6) is 0. The zero-order valence-corrected chi connectivity index (χ0v) is 11.6. The van der Waals surface area contributed by atoms with Crippen molar-refractivity contribution < 1.29 is 9.84 Å². The van der Waals surface area contributed by atoms with Crippen molar-refractivity contribution in [2.24, 2.45) is 0 Å². The fourth-order valence-corrected chi connectivity index (χ4v) is 1.79. The van der Waals surface area contributed by atoms with Crippen molar-refractivity contribution in [2.45, 2.75) is 38.8 Å². The molecule has 0 aliphatic rings. The molecule has 1 rings (SSSR count). The highest BCUT2D eigenvalue weighted by molar-refractivity contribution is 5.18. The number of hydrogen-bond acceptors (Lipinski definition) is 3. The Morgan fingerprint density at radius 1 is 1.22 bits per heavy atom. The van der Waals surface area contributed by atoms with Crippen LogP contribution < -0.4 is 5.32 Å². The average molecular weight is 251 g/mol. The van der Waals surface area contributed by atoms with Crippen LogP contribution in [0.4, 0.5) is 0 Å². The lowest BCUT2D eigenvalue weighted by atomic mass is 10.0. The molecule has 0 aliphatic carbocycles. The third-order valence-electron chi connectivity index (χ3n) is 2.65. The first-order valence-corrected chi connectivity index (χ1v) is 6.56. The summed E-state index contributed by atoms with van der Waals surface area (Å²) >= 11 is 0. The van der Waals surface area contributed by atoms with Gasteiger partial charge in [0.1, 0.15) is 0 Å². The van der Waals surface area contributed by atoms with Crippen molar-refractivity contribution in [1.82, 2.24) is 5.32 Å². The monoisotopic (exact) mass is 251 g/mol. The number of nitrogens with one attached hydrogen (secondary N) is 1. The summed E-state index contributed by atoms with van der Waals surface area (Å²) in [6, 6.07) is 10.4. The summed E-state index contributed by atoms with van der Waals surface area (Å²) < 4.78 is 5.67. The van der Waals surface area contributed by atoms with Crippen molar-refractivity contribution >= 4 is 0 Å². The van der Waals surface area contributed by atoms with Crippen molar-refractivity contribution in [3.63, 3.8) is 0 Å². The lowest BCUT2D eigenvalue weighted by Gasteiger charge is -2.22. The lowest BCUT2D eigenvalue weighted by molar-refractivity contribution is -0.00187. The fourth-order valence-electron chi connectivity index (χ4n) is 1.79. The molecule has 2 N–H and O–H groups in total. The van der Waals surface area contributed by atoms with Gasteiger partial charge in [-0.2, -0.15) is 0 Å². The van der Waals surface area contributed by atoms with E-state index in [0.717, 1.165) is 13.0 Å². The Hall–Kier alpha value is -0.900. The van der Waals surface area contributed by atoms with Crippen LogP contribution in [0.3, 0.4) is 0 Å². The second-order valence-corrected chi connectivity index (χ2v) is 5.39. The molecule has 1 atom stereocenters. The van der Waals surface area contributed by atoms with Crippen LogP contribution >= 0.6 is 0 Å². The summed E-state index contributed by atoms with van der Waals surface area (Å²) in [6.07, 6.45) is 0.722. The minimum atomic E-state index is -0.0963. The molecular formula is C15H25NO2. The van der Waals surface area contributed by atoms with Crippen LogP contribution in [0.25, 0.3) is 0 Å². The van der Waals surface area contributed by atoms with Gasteiger partial charge in [0.25, 0.3) is 0 Å². The zero-order valence-electron chi connectivity index (χ0n) is 11.6. The molecule has 0 bridgehead atoms. The van der Waals surface area contributed by atoms with E-state index in [-0.39, 0.29) is 18.2 Å². The Labute approximate surface area is 110 Å².